The molecule has 39 heavy (non-hydrogen) atoms. The Hall–Kier alpha value is -3.29. The summed E-state index contributed by atoms with van der Waals surface area (Å²) >= 11 is 12.0. The lowest BCUT2D eigenvalue weighted by Crippen LogP contribution is -2.37. The quantitative estimate of drug-likeness (QED) is 0.283. The van der Waals surface area contributed by atoms with Gasteiger partial charge in [0.15, 0.2) is 0 Å². The van der Waals surface area contributed by atoms with E-state index in [1.807, 2.05) is 6.92 Å². The lowest BCUT2D eigenvalue weighted by atomic mass is 10.1. The van der Waals surface area contributed by atoms with E-state index in [1.54, 1.807) is 28.8 Å². The number of halogens is 5. The summed E-state index contributed by atoms with van der Waals surface area (Å²) in [4.78, 5) is 15.8. The smallest absolute Gasteiger partial charge is 0.421 e. The molecule has 2 aromatic carbocycles. The Balaban J connectivity index is 1.63. The summed E-state index contributed by atoms with van der Waals surface area (Å²) in [6.07, 6.45) is -5.81. The minimum atomic E-state index is -4.62. The first-order chi connectivity index (χ1) is 18.2. The van der Waals surface area contributed by atoms with E-state index in [4.69, 9.17) is 23.2 Å². The first-order valence-corrected chi connectivity index (χ1v) is 13.7. The number of imidazole rings is 1. The molecule has 15 heteroatoms. The van der Waals surface area contributed by atoms with Crippen LogP contribution < -0.4 is 0 Å². The van der Waals surface area contributed by atoms with Gasteiger partial charge >= 0.3 is 12.3 Å². The van der Waals surface area contributed by atoms with Crippen molar-refractivity contribution in [1.29, 1.82) is 0 Å². The van der Waals surface area contributed by atoms with Gasteiger partial charge in [-0.25, -0.2) is 22.5 Å². The molecule has 0 aliphatic rings. The second kappa shape index (κ2) is 10.4. The minimum Gasteiger partial charge on any atom is -0.464 e. The molecule has 4 rings (SSSR count). The van der Waals surface area contributed by atoms with Crippen LogP contribution in [0.1, 0.15) is 29.6 Å². The maximum Gasteiger partial charge on any atom is 0.421 e. The molecular weight excluding hydrogens is 582 g/mol. The largest absolute Gasteiger partial charge is 0.464 e. The van der Waals surface area contributed by atoms with Crippen molar-refractivity contribution in [2.24, 2.45) is 7.05 Å². The molecule has 208 valence electrons. The van der Waals surface area contributed by atoms with Gasteiger partial charge in [0.2, 0.25) is 0 Å². The van der Waals surface area contributed by atoms with Gasteiger partial charge in [0.25, 0.3) is 10.0 Å². The van der Waals surface area contributed by atoms with Gasteiger partial charge in [-0.2, -0.15) is 18.3 Å². The molecule has 9 nitrogen and oxygen atoms in total. The molecule has 1 N–H and O–H groups in total. The third-order valence-corrected chi connectivity index (χ3v) is 8.88. The summed E-state index contributed by atoms with van der Waals surface area (Å²) in [6, 6.07) is 8.84. The van der Waals surface area contributed by atoms with Crippen LogP contribution in [-0.4, -0.2) is 49.8 Å². The third kappa shape index (κ3) is 5.30. The average Bonchev–Trinajstić information content (AvgIpc) is 3.33. The van der Waals surface area contributed by atoms with Crippen molar-refractivity contribution < 1.29 is 31.5 Å². The van der Waals surface area contributed by atoms with Gasteiger partial charge in [0.05, 0.1) is 27.3 Å². The predicted octanol–water partition coefficient (Wildman–Crippen LogP) is 5.87. The van der Waals surface area contributed by atoms with Crippen LogP contribution in [-0.2, 0) is 36.1 Å². The zero-order chi connectivity index (χ0) is 28.9. The molecule has 0 saturated heterocycles. The normalized spacial score (nSPS) is 12.3. The van der Waals surface area contributed by atoms with Gasteiger partial charge < -0.3 is 5.11 Å². The van der Waals surface area contributed by atoms with Gasteiger partial charge in [-0.05, 0) is 43.2 Å². The summed E-state index contributed by atoms with van der Waals surface area (Å²) in [5.41, 5.74) is 0.840. The van der Waals surface area contributed by atoms with Gasteiger partial charge in [-0.15, -0.1) is 0 Å². The Morgan fingerprint density at radius 2 is 1.79 bits per heavy atom. The van der Waals surface area contributed by atoms with E-state index in [0.29, 0.717) is 33.3 Å². The highest BCUT2D eigenvalue weighted by Gasteiger charge is 2.35. The molecule has 0 spiro atoms. The number of hydrogen-bond acceptors (Lipinski definition) is 5. The molecule has 1 amide bonds. The lowest BCUT2D eigenvalue weighted by Gasteiger charge is -2.19. The number of carbonyl (C=O) groups is 1. The molecule has 0 bridgehead atoms. The Morgan fingerprint density at radius 3 is 2.31 bits per heavy atom. The van der Waals surface area contributed by atoms with E-state index < -0.39 is 32.9 Å². The van der Waals surface area contributed by atoms with Crippen molar-refractivity contribution in [2.45, 2.75) is 37.8 Å². The fourth-order valence-electron chi connectivity index (χ4n) is 4.27. The molecule has 0 atom stereocenters. The zero-order valence-electron chi connectivity index (χ0n) is 20.8. The number of aryl methyl sites for hydroxylation is 3. The van der Waals surface area contributed by atoms with Crippen LogP contribution in [0, 0.1) is 6.92 Å². The summed E-state index contributed by atoms with van der Waals surface area (Å²) in [7, 11) is -3.05. The monoisotopic (exact) mass is 603 g/mol. The number of sulfonamides is 1. The highest BCUT2D eigenvalue weighted by Crippen LogP contribution is 2.38. The van der Waals surface area contributed by atoms with Gasteiger partial charge in [-0.1, -0.05) is 42.3 Å². The fraction of sp³-hybridized carbons (Fsp3) is 0.292. The highest BCUT2D eigenvalue weighted by molar-refractivity contribution is 7.89. The zero-order valence-corrected chi connectivity index (χ0v) is 23.1. The molecule has 0 saturated carbocycles. The first kappa shape index (κ1) is 28.7. The highest BCUT2D eigenvalue weighted by atomic mass is 35.5. The van der Waals surface area contributed by atoms with E-state index in [0.717, 1.165) is 10.7 Å². The number of carboxylic acid groups (broad SMARTS) is 1. The summed E-state index contributed by atoms with van der Waals surface area (Å²) in [5.74, 6) is 0.514. The summed E-state index contributed by atoms with van der Waals surface area (Å²) in [6.45, 7) is 2.85. The van der Waals surface area contributed by atoms with Crippen molar-refractivity contribution in [1.82, 2.24) is 23.6 Å². The number of aromatic nitrogens is 4. The molecule has 0 fully saturated rings. The fourth-order valence-corrected chi connectivity index (χ4v) is 6.51. The second-order valence-electron chi connectivity index (χ2n) is 8.64. The molecule has 0 aliphatic carbocycles. The molecule has 0 radical (unpaired) electrons. The van der Waals surface area contributed by atoms with Crippen molar-refractivity contribution in [2.75, 3.05) is 6.54 Å². The Morgan fingerprint density at radius 1 is 1.15 bits per heavy atom. The number of hydrogen-bond donors (Lipinski definition) is 1. The van der Waals surface area contributed by atoms with Crippen LogP contribution in [0.5, 0.6) is 0 Å². The summed E-state index contributed by atoms with van der Waals surface area (Å²) in [5, 5.41) is 12.9. The number of rotatable bonds is 7. The standard InChI is InChI=1S/C24H22Cl2F3N5O4S/c1-4-20-30-18-11-16(24(27,28)29)17(25)12-19(18)34(20)15-7-5-14(6-8-15)9-10-33(23(35)36)39(37,38)21-13(2)31-32(3)22(21)26/h5-8,11-12H,4,9-10H2,1-3H3,(H,35,36). The van der Waals surface area contributed by atoms with E-state index >= 15 is 0 Å². The van der Waals surface area contributed by atoms with Gasteiger partial charge in [-0.3, -0.25) is 9.25 Å². The first-order valence-electron chi connectivity index (χ1n) is 11.5. The van der Waals surface area contributed by atoms with Crippen LogP contribution in [0.25, 0.3) is 16.7 Å². The predicted molar refractivity (Wildman–Crippen MR) is 139 cm³/mol. The lowest BCUT2D eigenvalue weighted by molar-refractivity contribution is -0.137. The Bertz CT molecular complexity index is 1680. The number of amides is 1. The topological polar surface area (TPSA) is 110 Å². The maximum atomic E-state index is 13.3. The van der Waals surface area contributed by atoms with Crippen LogP contribution in [0.15, 0.2) is 41.3 Å². The number of fused-ring (bicyclic) bond motifs is 1. The van der Waals surface area contributed by atoms with Crippen molar-refractivity contribution in [3.63, 3.8) is 0 Å². The van der Waals surface area contributed by atoms with Crippen molar-refractivity contribution >= 4 is 50.4 Å². The molecular formula is C24H22Cl2F3N5O4S. The van der Waals surface area contributed by atoms with Crippen LogP contribution in [0.3, 0.4) is 0 Å². The summed E-state index contributed by atoms with van der Waals surface area (Å²) < 4.78 is 69.3. The Kier molecular flexibility index (Phi) is 7.63. The Labute approximate surface area is 231 Å². The maximum absolute atomic E-state index is 13.3. The van der Waals surface area contributed by atoms with Crippen LogP contribution in [0.2, 0.25) is 10.2 Å². The third-order valence-electron chi connectivity index (χ3n) is 6.09. The van der Waals surface area contributed by atoms with E-state index in [9.17, 15) is 31.5 Å². The average molecular weight is 604 g/mol. The van der Waals surface area contributed by atoms with E-state index in [2.05, 4.69) is 10.1 Å². The van der Waals surface area contributed by atoms with Crippen molar-refractivity contribution in [3.8, 4) is 5.69 Å². The number of nitrogens with zero attached hydrogens (tertiary/aromatic N) is 5. The van der Waals surface area contributed by atoms with Gasteiger partial charge in [0, 0.05) is 25.7 Å². The number of alkyl halides is 3. The molecule has 4 aromatic rings. The molecule has 0 aliphatic heterocycles. The molecule has 2 aromatic heterocycles. The van der Waals surface area contributed by atoms with Crippen molar-refractivity contribution in [3.05, 3.63) is 69.2 Å². The van der Waals surface area contributed by atoms with Crippen LogP contribution >= 0.6 is 23.2 Å². The minimum absolute atomic E-state index is 0.0504. The van der Waals surface area contributed by atoms with E-state index in [-0.39, 0.29) is 34.2 Å². The molecule has 2 heterocycles. The van der Waals surface area contributed by atoms with E-state index in [1.165, 1.54) is 20.0 Å². The molecule has 0 unspecified atom stereocenters. The van der Waals surface area contributed by atoms with Gasteiger partial charge in [0.1, 0.15) is 15.9 Å². The SMILES string of the molecule is CCc1nc2cc(C(F)(F)F)c(Cl)cc2n1-c1ccc(CCN(C(=O)O)S(=O)(=O)c2c(C)nn(C)c2Cl)cc1. The van der Waals surface area contributed by atoms with Crippen LogP contribution in [0.4, 0.5) is 18.0 Å². The number of benzene rings is 2. The second-order valence-corrected chi connectivity index (χ2v) is 11.2.